The molecule has 1 aromatic heterocycles. The molecule has 1 aliphatic rings. The van der Waals surface area contributed by atoms with Gasteiger partial charge in [0.25, 0.3) is 0 Å². The van der Waals surface area contributed by atoms with Crippen LogP contribution in [0, 0.1) is 0 Å². The van der Waals surface area contributed by atoms with Crippen LogP contribution in [0.15, 0.2) is 12.4 Å². The van der Waals surface area contributed by atoms with Crippen LogP contribution in [0.3, 0.4) is 0 Å². The fourth-order valence-corrected chi connectivity index (χ4v) is 2.02. The van der Waals surface area contributed by atoms with Gasteiger partial charge in [-0.05, 0) is 19.4 Å². The number of hydrogen-bond acceptors (Lipinski definition) is 5. The number of piperidine rings is 1. The van der Waals surface area contributed by atoms with E-state index in [-0.39, 0.29) is 0 Å². The molecule has 0 unspecified atom stereocenters. The molecule has 0 saturated carbocycles. The Balaban J connectivity index is 1.84. The number of nitrogens with one attached hydrogen (secondary N) is 1. The van der Waals surface area contributed by atoms with Gasteiger partial charge in [0.1, 0.15) is 11.6 Å². The molecular weight excluding hydrogens is 202 g/mol. The number of rotatable bonds is 3. The molecule has 1 fully saturated rings. The van der Waals surface area contributed by atoms with Gasteiger partial charge in [-0.15, -0.1) is 0 Å². The average Bonchev–Trinajstić information content (AvgIpc) is 2.33. The maximum atomic E-state index is 5.49. The van der Waals surface area contributed by atoms with Crippen LogP contribution in [0.4, 0.5) is 11.6 Å². The Morgan fingerprint density at radius 3 is 2.69 bits per heavy atom. The van der Waals surface area contributed by atoms with E-state index in [1.807, 2.05) is 0 Å². The molecule has 16 heavy (non-hydrogen) atoms. The zero-order chi connectivity index (χ0) is 11.4. The first kappa shape index (κ1) is 11.1. The van der Waals surface area contributed by atoms with Gasteiger partial charge in [-0.2, -0.15) is 0 Å². The Bertz CT molecular complexity index is 316. The summed E-state index contributed by atoms with van der Waals surface area (Å²) in [5.74, 6) is 1.29. The first-order valence-corrected chi connectivity index (χ1v) is 5.84. The molecule has 5 heteroatoms. The van der Waals surface area contributed by atoms with Crippen molar-refractivity contribution in [3.8, 4) is 0 Å². The summed E-state index contributed by atoms with van der Waals surface area (Å²) in [5.41, 5.74) is 5.49. The van der Waals surface area contributed by atoms with Crippen molar-refractivity contribution in [2.24, 2.45) is 0 Å². The van der Waals surface area contributed by atoms with E-state index in [4.69, 9.17) is 5.73 Å². The fourth-order valence-electron chi connectivity index (χ4n) is 2.02. The van der Waals surface area contributed by atoms with Gasteiger partial charge in [-0.25, -0.2) is 9.97 Å². The highest BCUT2D eigenvalue weighted by atomic mass is 15.1. The maximum Gasteiger partial charge on any atom is 0.144 e. The Hall–Kier alpha value is -1.36. The van der Waals surface area contributed by atoms with Gasteiger partial charge in [0.05, 0.1) is 12.4 Å². The summed E-state index contributed by atoms with van der Waals surface area (Å²) in [6.45, 7) is 5.68. The molecule has 0 aliphatic carbocycles. The minimum atomic E-state index is 0.464. The molecule has 0 radical (unpaired) electrons. The number of aromatic nitrogens is 2. The fraction of sp³-hybridized carbons (Fsp3) is 0.636. The monoisotopic (exact) mass is 221 g/mol. The van der Waals surface area contributed by atoms with Gasteiger partial charge in [-0.1, -0.05) is 6.92 Å². The summed E-state index contributed by atoms with van der Waals surface area (Å²) in [6, 6.07) is 0.515. The van der Waals surface area contributed by atoms with Crippen LogP contribution in [-0.2, 0) is 0 Å². The van der Waals surface area contributed by atoms with Crippen LogP contribution in [0.5, 0.6) is 0 Å². The number of nitrogen functional groups attached to an aromatic ring is 1. The predicted molar refractivity (Wildman–Crippen MR) is 65.2 cm³/mol. The molecular formula is C11H19N5. The highest BCUT2D eigenvalue weighted by Crippen LogP contribution is 2.14. The minimum absolute atomic E-state index is 0.464. The smallest absolute Gasteiger partial charge is 0.144 e. The molecule has 1 aromatic rings. The lowest BCUT2D eigenvalue weighted by Gasteiger charge is -2.31. The van der Waals surface area contributed by atoms with Crippen molar-refractivity contribution in [3.05, 3.63) is 12.4 Å². The third kappa shape index (κ3) is 2.82. The lowest BCUT2D eigenvalue weighted by atomic mass is 10.1. The number of hydrogen-bond donors (Lipinski definition) is 2. The summed E-state index contributed by atoms with van der Waals surface area (Å²) in [4.78, 5) is 10.7. The van der Waals surface area contributed by atoms with Crippen LogP contribution in [-0.4, -0.2) is 40.5 Å². The van der Waals surface area contributed by atoms with Crippen molar-refractivity contribution in [1.82, 2.24) is 14.9 Å². The second kappa shape index (κ2) is 5.12. The van der Waals surface area contributed by atoms with Crippen molar-refractivity contribution in [3.63, 3.8) is 0 Å². The third-order valence-corrected chi connectivity index (χ3v) is 3.06. The van der Waals surface area contributed by atoms with Crippen molar-refractivity contribution in [1.29, 1.82) is 0 Å². The Morgan fingerprint density at radius 2 is 2.12 bits per heavy atom. The van der Waals surface area contributed by atoms with Gasteiger partial charge in [-0.3, -0.25) is 0 Å². The molecule has 2 rings (SSSR count). The highest BCUT2D eigenvalue weighted by molar-refractivity contribution is 5.36. The van der Waals surface area contributed by atoms with E-state index in [1.165, 1.54) is 12.8 Å². The van der Waals surface area contributed by atoms with E-state index in [2.05, 4.69) is 27.1 Å². The summed E-state index contributed by atoms with van der Waals surface area (Å²) < 4.78 is 0. The first-order chi connectivity index (χ1) is 7.78. The number of anilines is 2. The van der Waals surface area contributed by atoms with Crippen molar-refractivity contribution in [2.45, 2.75) is 25.8 Å². The summed E-state index contributed by atoms with van der Waals surface area (Å²) in [7, 11) is 0. The molecule has 88 valence electrons. The molecule has 3 N–H and O–H groups in total. The van der Waals surface area contributed by atoms with Crippen molar-refractivity contribution >= 4 is 11.6 Å². The van der Waals surface area contributed by atoms with Crippen LogP contribution in [0.25, 0.3) is 0 Å². The van der Waals surface area contributed by atoms with Crippen LogP contribution < -0.4 is 11.1 Å². The summed E-state index contributed by atoms with van der Waals surface area (Å²) in [5, 5.41) is 3.40. The Labute approximate surface area is 96.1 Å². The van der Waals surface area contributed by atoms with Gasteiger partial charge >= 0.3 is 0 Å². The predicted octanol–water partition coefficient (Wildman–Crippen LogP) is 0.955. The second-order valence-electron chi connectivity index (χ2n) is 4.18. The number of nitrogens with zero attached hydrogens (tertiary/aromatic N) is 3. The first-order valence-electron chi connectivity index (χ1n) is 5.84. The SMILES string of the molecule is CCN1CCC(Nc2cnc(N)cn2)CC1. The molecule has 1 aliphatic heterocycles. The number of nitrogens with two attached hydrogens (primary N) is 1. The quantitative estimate of drug-likeness (QED) is 0.795. The number of likely N-dealkylation sites (tertiary alicyclic amines) is 1. The van der Waals surface area contributed by atoms with Gasteiger partial charge in [0, 0.05) is 19.1 Å². The van der Waals surface area contributed by atoms with Gasteiger partial charge in [0.15, 0.2) is 0 Å². The van der Waals surface area contributed by atoms with E-state index in [0.29, 0.717) is 11.9 Å². The largest absolute Gasteiger partial charge is 0.382 e. The zero-order valence-electron chi connectivity index (χ0n) is 9.69. The third-order valence-electron chi connectivity index (χ3n) is 3.06. The van der Waals surface area contributed by atoms with E-state index < -0.39 is 0 Å². The zero-order valence-corrected chi connectivity index (χ0v) is 9.69. The highest BCUT2D eigenvalue weighted by Gasteiger charge is 2.17. The maximum absolute atomic E-state index is 5.49. The van der Waals surface area contributed by atoms with Crippen LogP contribution in [0.2, 0.25) is 0 Å². The Kier molecular flexibility index (Phi) is 3.56. The van der Waals surface area contributed by atoms with Crippen LogP contribution >= 0.6 is 0 Å². The molecule has 0 aromatic carbocycles. The van der Waals surface area contributed by atoms with Crippen LogP contribution in [0.1, 0.15) is 19.8 Å². The Morgan fingerprint density at radius 1 is 1.38 bits per heavy atom. The topological polar surface area (TPSA) is 67.1 Å². The molecule has 5 nitrogen and oxygen atoms in total. The molecule has 0 spiro atoms. The normalized spacial score (nSPS) is 18.6. The van der Waals surface area contributed by atoms with E-state index >= 15 is 0 Å². The van der Waals surface area contributed by atoms with Crippen molar-refractivity contribution < 1.29 is 0 Å². The molecule has 0 atom stereocenters. The molecule has 2 heterocycles. The van der Waals surface area contributed by atoms with E-state index in [9.17, 15) is 0 Å². The lowest BCUT2D eigenvalue weighted by Crippen LogP contribution is -2.39. The second-order valence-corrected chi connectivity index (χ2v) is 4.18. The van der Waals surface area contributed by atoms with Gasteiger partial charge in [0.2, 0.25) is 0 Å². The average molecular weight is 221 g/mol. The summed E-state index contributed by atoms with van der Waals surface area (Å²) in [6.07, 6.45) is 5.62. The van der Waals surface area contributed by atoms with Gasteiger partial charge < -0.3 is 16.0 Å². The standard InChI is InChI=1S/C11H19N5/c1-2-16-5-3-9(4-6-16)15-11-8-13-10(12)7-14-11/h7-9H,2-6H2,1H3,(H2,12,13)(H,14,15). The lowest BCUT2D eigenvalue weighted by molar-refractivity contribution is 0.229. The summed E-state index contributed by atoms with van der Waals surface area (Å²) >= 11 is 0. The molecule has 0 bridgehead atoms. The molecule has 1 saturated heterocycles. The molecule has 0 amide bonds. The van der Waals surface area contributed by atoms with Crippen molar-refractivity contribution in [2.75, 3.05) is 30.7 Å². The van der Waals surface area contributed by atoms with E-state index in [1.54, 1.807) is 12.4 Å². The minimum Gasteiger partial charge on any atom is -0.382 e. The van der Waals surface area contributed by atoms with E-state index in [0.717, 1.165) is 25.5 Å².